The minimum absolute atomic E-state index is 0.0914. The summed E-state index contributed by atoms with van der Waals surface area (Å²) >= 11 is 0. The van der Waals surface area contributed by atoms with Crippen molar-refractivity contribution in [2.45, 2.75) is 51.7 Å². The summed E-state index contributed by atoms with van der Waals surface area (Å²) in [6.07, 6.45) is 3.18. The van der Waals surface area contributed by atoms with E-state index in [9.17, 15) is 4.79 Å². The molecule has 1 amide bonds. The van der Waals surface area contributed by atoms with Crippen LogP contribution in [0.4, 0.5) is 0 Å². The van der Waals surface area contributed by atoms with Crippen molar-refractivity contribution in [2.24, 2.45) is 5.73 Å². The lowest BCUT2D eigenvalue weighted by Crippen LogP contribution is -2.48. The van der Waals surface area contributed by atoms with E-state index in [4.69, 9.17) is 10.5 Å². The van der Waals surface area contributed by atoms with Crippen LogP contribution in [-0.4, -0.2) is 67.2 Å². The van der Waals surface area contributed by atoms with Crippen LogP contribution in [0.2, 0.25) is 0 Å². The third kappa shape index (κ3) is 4.43. The van der Waals surface area contributed by atoms with E-state index in [0.29, 0.717) is 6.04 Å². The molecule has 0 radical (unpaired) electrons. The van der Waals surface area contributed by atoms with Crippen LogP contribution in [0.25, 0.3) is 0 Å². The minimum atomic E-state index is -0.726. The molecule has 5 nitrogen and oxygen atoms in total. The lowest BCUT2D eigenvalue weighted by atomic mass is 10.1. The van der Waals surface area contributed by atoms with Crippen molar-refractivity contribution in [3.63, 3.8) is 0 Å². The van der Waals surface area contributed by atoms with Crippen LogP contribution in [0.1, 0.15) is 40.0 Å². The number of nitrogens with two attached hydrogens (primary N) is 1. The van der Waals surface area contributed by atoms with Gasteiger partial charge in [0.1, 0.15) is 5.60 Å². The second kappa shape index (κ2) is 7.96. The van der Waals surface area contributed by atoms with E-state index in [1.807, 2.05) is 18.7 Å². The Hall–Kier alpha value is -0.650. The number of hydrogen-bond donors (Lipinski definition) is 1. The van der Waals surface area contributed by atoms with Gasteiger partial charge in [-0.2, -0.15) is 0 Å². The van der Waals surface area contributed by atoms with Crippen LogP contribution in [-0.2, 0) is 9.53 Å². The predicted molar refractivity (Wildman–Crippen MR) is 81.6 cm³/mol. The second-order valence-electron chi connectivity index (χ2n) is 6.04. The van der Waals surface area contributed by atoms with Gasteiger partial charge >= 0.3 is 0 Å². The molecule has 1 aliphatic heterocycles. The molecule has 1 aliphatic rings. The van der Waals surface area contributed by atoms with Crippen molar-refractivity contribution in [1.82, 2.24) is 9.80 Å². The van der Waals surface area contributed by atoms with Gasteiger partial charge in [0.2, 0.25) is 0 Å². The summed E-state index contributed by atoms with van der Waals surface area (Å²) in [7, 11) is 1.59. The van der Waals surface area contributed by atoms with Crippen LogP contribution < -0.4 is 5.73 Å². The molecular weight excluding hydrogens is 254 g/mol. The summed E-state index contributed by atoms with van der Waals surface area (Å²) in [5, 5.41) is 0. The van der Waals surface area contributed by atoms with E-state index in [-0.39, 0.29) is 5.91 Å². The molecule has 0 aromatic carbocycles. The molecule has 1 rings (SSSR count). The van der Waals surface area contributed by atoms with Crippen LogP contribution >= 0.6 is 0 Å². The first-order valence-corrected chi connectivity index (χ1v) is 7.75. The smallest absolute Gasteiger partial charge is 0.254 e. The summed E-state index contributed by atoms with van der Waals surface area (Å²) in [6.45, 7) is 10.2. The van der Waals surface area contributed by atoms with Gasteiger partial charge in [-0.15, -0.1) is 0 Å². The highest BCUT2D eigenvalue weighted by atomic mass is 16.5. The maximum absolute atomic E-state index is 12.4. The van der Waals surface area contributed by atoms with E-state index in [2.05, 4.69) is 11.8 Å². The zero-order chi connectivity index (χ0) is 15.2. The van der Waals surface area contributed by atoms with Gasteiger partial charge in [0.15, 0.2) is 0 Å². The molecule has 0 bridgehead atoms. The van der Waals surface area contributed by atoms with Gasteiger partial charge in [0.05, 0.1) is 0 Å². The molecule has 1 unspecified atom stereocenters. The zero-order valence-corrected chi connectivity index (χ0v) is 13.5. The molecule has 20 heavy (non-hydrogen) atoms. The quantitative estimate of drug-likeness (QED) is 0.793. The van der Waals surface area contributed by atoms with Gasteiger partial charge in [0.25, 0.3) is 5.91 Å². The number of hydrogen-bond acceptors (Lipinski definition) is 4. The number of carbonyl (C=O) groups excluding carboxylic acids is 1. The highest BCUT2D eigenvalue weighted by molar-refractivity contribution is 5.84. The Morgan fingerprint density at radius 2 is 2.00 bits per heavy atom. The first-order chi connectivity index (χ1) is 9.46. The first kappa shape index (κ1) is 17.4. The number of amides is 1. The minimum Gasteiger partial charge on any atom is -0.369 e. The van der Waals surface area contributed by atoms with E-state index in [1.165, 1.54) is 0 Å². The van der Waals surface area contributed by atoms with E-state index < -0.39 is 5.60 Å². The lowest BCUT2D eigenvalue weighted by molar-refractivity contribution is -0.150. The first-order valence-electron chi connectivity index (χ1n) is 7.75. The van der Waals surface area contributed by atoms with Crippen molar-refractivity contribution in [2.75, 3.05) is 39.8 Å². The average molecular weight is 285 g/mol. The highest BCUT2D eigenvalue weighted by Crippen LogP contribution is 2.17. The van der Waals surface area contributed by atoms with E-state index in [0.717, 1.165) is 52.0 Å². The van der Waals surface area contributed by atoms with Crippen LogP contribution in [0.5, 0.6) is 0 Å². The monoisotopic (exact) mass is 285 g/mol. The Balaban J connectivity index is 2.61. The van der Waals surface area contributed by atoms with Crippen LogP contribution in [0.3, 0.4) is 0 Å². The number of nitrogens with zero attached hydrogens (tertiary/aromatic N) is 2. The standard InChI is InChI=1S/C15H31N3O2/c1-5-13(7-8-16)17-9-6-10-18(12-11-17)14(19)15(2,3)20-4/h13H,5-12,16H2,1-4H3. The van der Waals surface area contributed by atoms with E-state index >= 15 is 0 Å². The van der Waals surface area contributed by atoms with Gasteiger partial charge in [-0.25, -0.2) is 0 Å². The molecule has 0 aromatic heterocycles. The summed E-state index contributed by atoms with van der Waals surface area (Å²) in [6, 6.07) is 0.547. The molecular formula is C15H31N3O2. The molecule has 1 heterocycles. The molecule has 118 valence electrons. The van der Waals surface area contributed by atoms with Crippen molar-refractivity contribution in [1.29, 1.82) is 0 Å². The Kier molecular flexibility index (Phi) is 6.92. The summed E-state index contributed by atoms with van der Waals surface area (Å²) in [5.41, 5.74) is 4.97. The van der Waals surface area contributed by atoms with Crippen molar-refractivity contribution in [3.05, 3.63) is 0 Å². The summed E-state index contributed by atoms with van der Waals surface area (Å²) in [5.74, 6) is 0.0914. The lowest BCUT2D eigenvalue weighted by Gasteiger charge is -2.31. The topological polar surface area (TPSA) is 58.8 Å². The van der Waals surface area contributed by atoms with Crippen molar-refractivity contribution in [3.8, 4) is 0 Å². The molecule has 0 saturated carbocycles. The van der Waals surface area contributed by atoms with Gasteiger partial charge in [-0.3, -0.25) is 9.69 Å². The largest absolute Gasteiger partial charge is 0.369 e. The third-order valence-electron chi connectivity index (χ3n) is 4.33. The van der Waals surface area contributed by atoms with Crippen LogP contribution in [0, 0.1) is 0 Å². The Morgan fingerprint density at radius 1 is 1.30 bits per heavy atom. The highest BCUT2D eigenvalue weighted by Gasteiger charge is 2.33. The fraction of sp³-hybridized carbons (Fsp3) is 0.933. The third-order valence-corrected chi connectivity index (χ3v) is 4.33. The van der Waals surface area contributed by atoms with Crippen LogP contribution in [0.15, 0.2) is 0 Å². The van der Waals surface area contributed by atoms with Gasteiger partial charge in [-0.1, -0.05) is 6.92 Å². The summed E-state index contributed by atoms with van der Waals surface area (Å²) in [4.78, 5) is 16.9. The molecule has 5 heteroatoms. The Bertz CT molecular complexity index is 307. The molecule has 0 aliphatic carbocycles. The Labute approximate surface area is 123 Å². The maximum atomic E-state index is 12.4. The van der Waals surface area contributed by atoms with Crippen molar-refractivity contribution < 1.29 is 9.53 Å². The fourth-order valence-electron chi connectivity index (χ4n) is 2.81. The zero-order valence-electron chi connectivity index (χ0n) is 13.5. The number of ether oxygens (including phenoxy) is 1. The second-order valence-corrected chi connectivity index (χ2v) is 6.04. The summed E-state index contributed by atoms with van der Waals surface area (Å²) < 4.78 is 5.31. The number of methoxy groups -OCH3 is 1. The van der Waals surface area contributed by atoms with E-state index in [1.54, 1.807) is 7.11 Å². The normalized spacial score (nSPS) is 19.8. The Morgan fingerprint density at radius 3 is 2.55 bits per heavy atom. The maximum Gasteiger partial charge on any atom is 0.254 e. The molecule has 2 N–H and O–H groups in total. The fourth-order valence-corrected chi connectivity index (χ4v) is 2.81. The molecule has 0 spiro atoms. The van der Waals surface area contributed by atoms with Gasteiger partial charge in [-0.05, 0) is 39.7 Å². The average Bonchev–Trinajstić information content (AvgIpc) is 2.69. The molecule has 1 saturated heterocycles. The molecule has 1 fully saturated rings. The van der Waals surface area contributed by atoms with Gasteiger partial charge in [0, 0.05) is 39.3 Å². The van der Waals surface area contributed by atoms with Gasteiger partial charge < -0.3 is 15.4 Å². The van der Waals surface area contributed by atoms with Crippen molar-refractivity contribution >= 4 is 5.91 Å². The predicted octanol–water partition coefficient (Wildman–Crippen LogP) is 1.07. The number of carbonyl (C=O) groups is 1. The SMILES string of the molecule is CCC(CCN)N1CCCN(C(=O)C(C)(C)OC)CC1. The number of rotatable bonds is 6. The molecule has 0 aromatic rings. The molecule has 1 atom stereocenters.